The fourth-order valence-corrected chi connectivity index (χ4v) is 3.00. The van der Waals surface area contributed by atoms with E-state index in [1.165, 1.54) is 5.56 Å². The molecule has 1 heterocycles. The third-order valence-electron chi connectivity index (χ3n) is 4.84. The third kappa shape index (κ3) is 5.23. The van der Waals surface area contributed by atoms with Gasteiger partial charge in [0, 0.05) is 11.4 Å². The van der Waals surface area contributed by atoms with Gasteiger partial charge < -0.3 is 10.1 Å². The summed E-state index contributed by atoms with van der Waals surface area (Å²) in [5, 5.41) is 2.92. The molecule has 1 N–H and O–H groups in total. The van der Waals surface area contributed by atoms with E-state index in [0.717, 1.165) is 22.9 Å². The highest BCUT2D eigenvalue weighted by Gasteiger charge is 2.12. The number of amides is 1. The fraction of sp³-hybridized carbons (Fsp3) is 0.280. The standard InChI is InChI=1S/C25H28N2O2/c1-16(2)19-6-10-21(11-7-19)29-22-12-8-20(9-13-22)27-25(28)23-14-15-24(17(3)4)26-18(23)5/h6-17H,1-5H3,(H,27,28). The molecule has 1 amide bonds. The number of ether oxygens (including phenoxy) is 1. The zero-order chi connectivity index (χ0) is 21.0. The van der Waals surface area contributed by atoms with Gasteiger partial charge in [0.25, 0.3) is 5.91 Å². The summed E-state index contributed by atoms with van der Waals surface area (Å²) < 4.78 is 5.89. The number of nitrogens with zero attached hydrogens (tertiary/aromatic N) is 1. The molecule has 29 heavy (non-hydrogen) atoms. The average molecular weight is 389 g/mol. The SMILES string of the molecule is Cc1nc(C(C)C)ccc1C(=O)Nc1ccc(Oc2ccc(C(C)C)cc2)cc1. The number of aryl methyl sites for hydroxylation is 1. The molecule has 0 fully saturated rings. The lowest BCUT2D eigenvalue weighted by Crippen LogP contribution is -2.14. The Morgan fingerprint density at radius 3 is 1.93 bits per heavy atom. The highest BCUT2D eigenvalue weighted by molar-refractivity contribution is 6.05. The molecule has 0 saturated heterocycles. The molecule has 0 atom stereocenters. The lowest BCUT2D eigenvalue weighted by atomic mass is 10.0. The van der Waals surface area contributed by atoms with E-state index in [0.29, 0.717) is 23.1 Å². The number of pyridine rings is 1. The number of hydrogen-bond acceptors (Lipinski definition) is 3. The molecule has 0 aliphatic carbocycles. The molecule has 2 aromatic carbocycles. The third-order valence-corrected chi connectivity index (χ3v) is 4.84. The summed E-state index contributed by atoms with van der Waals surface area (Å²) >= 11 is 0. The Morgan fingerprint density at radius 1 is 0.828 bits per heavy atom. The van der Waals surface area contributed by atoms with Crippen LogP contribution in [0.15, 0.2) is 60.7 Å². The van der Waals surface area contributed by atoms with Crippen molar-refractivity contribution in [3.8, 4) is 11.5 Å². The zero-order valence-corrected chi connectivity index (χ0v) is 17.7. The number of rotatable bonds is 6. The molecular formula is C25H28N2O2. The molecule has 3 rings (SSSR count). The molecule has 3 aromatic rings. The molecule has 1 aromatic heterocycles. The highest BCUT2D eigenvalue weighted by atomic mass is 16.5. The topological polar surface area (TPSA) is 51.2 Å². The van der Waals surface area contributed by atoms with Gasteiger partial charge in [-0.05, 0) is 72.9 Å². The van der Waals surface area contributed by atoms with Gasteiger partial charge in [-0.1, -0.05) is 39.8 Å². The molecule has 0 radical (unpaired) electrons. The van der Waals surface area contributed by atoms with E-state index >= 15 is 0 Å². The second-order valence-electron chi connectivity index (χ2n) is 7.83. The lowest BCUT2D eigenvalue weighted by molar-refractivity contribution is 0.102. The van der Waals surface area contributed by atoms with E-state index < -0.39 is 0 Å². The van der Waals surface area contributed by atoms with Gasteiger partial charge in [-0.2, -0.15) is 0 Å². The number of nitrogens with one attached hydrogen (secondary N) is 1. The summed E-state index contributed by atoms with van der Waals surface area (Å²) in [4.78, 5) is 17.1. The van der Waals surface area contributed by atoms with Crippen molar-refractivity contribution >= 4 is 11.6 Å². The highest BCUT2D eigenvalue weighted by Crippen LogP contribution is 2.25. The summed E-state index contributed by atoms with van der Waals surface area (Å²) in [6.07, 6.45) is 0. The molecule has 0 aliphatic rings. The summed E-state index contributed by atoms with van der Waals surface area (Å²) in [6, 6.07) is 19.2. The first kappa shape index (κ1) is 20.6. The van der Waals surface area contributed by atoms with Crippen LogP contribution in [0.5, 0.6) is 11.5 Å². The largest absolute Gasteiger partial charge is 0.457 e. The number of anilines is 1. The Labute approximate surface area is 173 Å². The fourth-order valence-electron chi connectivity index (χ4n) is 3.00. The predicted octanol–water partition coefficient (Wildman–Crippen LogP) is 6.68. The van der Waals surface area contributed by atoms with E-state index in [9.17, 15) is 4.79 Å². The van der Waals surface area contributed by atoms with Crippen molar-refractivity contribution in [3.05, 3.63) is 83.2 Å². The molecule has 0 spiro atoms. The minimum Gasteiger partial charge on any atom is -0.457 e. The van der Waals surface area contributed by atoms with Crippen LogP contribution < -0.4 is 10.1 Å². The van der Waals surface area contributed by atoms with Crippen LogP contribution in [0.1, 0.15) is 66.8 Å². The number of carbonyl (C=O) groups is 1. The molecule has 0 unspecified atom stereocenters. The minimum absolute atomic E-state index is 0.164. The molecule has 0 aliphatic heterocycles. The van der Waals surface area contributed by atoms with Gasteiger partial charge in [0.2, 0.25) is 0 Å². The van der Waals surface area contributed by atoms with E-state index in [1.54, 1.807) is 0 Å². The second-order valence-corrected chi connectivity index (χ2v) is 7.83. The molecule has 0 saturated carbocycles. The van der Waals surface area contributed by atoms with Crippen LogP contribution >= 0.6 is 0 Å². The summed E-state index contributed by atoms with van der Waals surface area (Å²) in [6.45, 7) is 10.4. The van der Waals surface area contributed by atoms with Crippen LogP contribution in [0.3, 0.4) is 0 Å². The van der Waals surface area contributed by atoms with E-state index in [1.807, 2.05) is 55.5 Å². The normalized spacial score (nSPS) is 11.0. The van der Waals surface area contributed by atoms with Gasteiger partial charge >= 0.3 is 0 Å². The van der Waals surface area contributed by atoms with Gasteiger partial charge in [0.05, 0.1) is 11.3 Å². The van der Waals surface area contributed by atoms with Gasteiger partial charge in [0.1, 0.15) is 11.5 Å². The lowest BCUT2D eigenvalue weighted by Gasteiger charge is -2.11. The van der Waals surface area contributed by atoms with Crippen molar-refractivity contribution in [3.63, 3.8) is 0 Å². The maximum atomic E-state index is 12.6. The zero-order valence-electron chi connectivity index (χ0n) is 17.7. The Balaban J connectivity index is 1.65. The quantitative estimate of drug-likeness (QED) is 0.512. The van der Waals surface area contributed by atoms with Crippen molar-refractivity contribution in [2.45, 2.75) is 46.5 Å². The summed E-state index contributed by atoms with van der Waals surface area (Å²) in [5.74, 6) is 2.17. The number of carbonyl (C=O) groups excluding carboxylic acids is 1. The Morgan fingerprint density at radius 2 is 1.41 bits per heavy atom. The van der Waals surface area contributed by atoms with Crippen LogP contribution in [-0.4, -0.2) is 10.9 Å². The Hall–Kier alpha value is -3.14. The monoisotopic (exact) mass is 388 g/mol. The maximum Gasteiger partial charge on any atom is 0.257 e. The number of aromatic nitrogens is 1. The van der Waals surface area contributed by atoms with Gasteiger partial charge in [-0.3, -0.25) is 9.78 Å². The van der Waals surface area contributed by atoms with Crippen LogP contribution in [0, 0.1) is 6.92 Å². The first-order valence-corrected chi connectivity index (χ1v) is 10.00. The molecular weight excluding hydrogens is 360 g/mol. The van der Waals surface area contributed by atoms with Gasteiger partial charge in [-0.25, -0.2) is 0 Å². The average Bonchev–Trinajstić information content (AvgIpc) is 2.69. The van der Waals surface area contributed by atoms with Crippen molar-refractivity contribution in [2.24, 2.45) is 0 Å². The van der Waals surface area contributed by atoms with Crippen LogP contribution in [0.2, 0.25) is 0 Å². The molecule has 4 heteroatoms. The van der Waals surface area contributed by atoms with Crippen molar-refractivity contribution in [1.82, 2.24) is 4.98 Å². The van der Waals surface area contributed by atoms with E-state index in [2.05, 4.69) is 50.1 Å². The van der Waals surface area contributed by atoms with Crippen LogP contribution in [0.4, 0.5) is 5.69 Å². The predicted molar refractivity (Wildman–Crippen MR) is 118 cm³/mol. The molecule has 150 valence electrons. The second kappa shape index (κ2) is 8.91. The number of hydrogen-bond donors (Lipinski definition) is 1. The number of benzene rings is 2. The summed E-state index contributed by atoms with van der Waals surface area (Å²) in [5.41, 5.74) is 4.30. The molecule has 0 bridgehead atoms. The Kier molecular flexibility index (Phi) is 6.32. The maximum absolute atomic E-state index is 12.6. The first-order valence-electron chi connectivity index (χ1n) is 10.00. The summed E-state index contributed by atoms with van der Waals surface area (Å²) in [7, 11) is 0. The first-order chi connectivity index (χ1) is 13.8. The van der Waals surface area contributed by atoms with Crippen molar-refractivity contribution in [1.29, 1.82) is 0 Å². The smallest absolute Gasteiger partial charge is 0.257 e. The van der Waals surface area contributed by atoms with Gasteiger partial charge in [0.15, 0.2) is 0 Å². The Bertz CT molecular complexity index is 975. The van der Waals surface area contributed by atoms with Crippen LogP contribution in [0.25, 0.3) is 0 Å². The van der Waals surface area contributed by atoms with Gasteiger partial charge in [-0.15, -0.1) is 0 Å². The minimum atomic E-state index is -0.164. The van der Waals surface area contributed by atoms with Crippen molar-refractivity contribution < 1.29 is 9.53 Å². The van der Waals surface area contributed by atoms with Crippen molar-refractivity contribution in [2.75, 3.05) is 5.32 Å². The van der Waals surface area contributed by atoms with Crippen LogP contribution in [-0.2, 0) is 0 Å². The van der Waals surface area contributed by atoms with E-state index in [-0.39, 0.29) is 5.91 Å². The molecule has 4 nitrogen and oxygen atoms in total. The van der Waals surface area contributed by atoms with E-state index in [4.69, 9.17) is 4.74 Å².